The highest BCUT2D eigenvalue weighted by atomic mass is 19.3. The van der Waals surface area contributed by atoms with Gasteiger partial charge in [0.2, 0.25) is 5.91 Å². The zero-order valence-electron chi connectivity index (χ0n) is 24.6. The number of piperidine rings is 1. The first-order chi connectivity index (χ1) is 19.7. The Hall–Kier alpha value is -3.44. The number of carbonyl (C=O) groups is 2. The van der Waals surface area contributed by atoms with Crippen LogP contribution < -0.4 is 15.2 Å². The third-order valence-corrected chi connectivity index (χ3v) is 7.36. The predicted molar refractivity (Wildman–Crippen MR) is 155 cm³/mol. The van der Waals surface area contributed by atoms with E-state index in [1.165, 1.54) is 0 Å². The number of rotatable bonds is 14. The van der Waals surface area contributed by atoms with Crippen LogP contribution in [0.25, 0.3) is 0 Å². The number of aryl methyl sites for hydroxylation is 1. The average molecular weight is 592 g/mol. The molecule has 1 unspecified atom stereocenters. The summed E-state index contributed by atoms with van der Waals surface area (Å²) in [5.41, 5.74) is 6.28. The van der Waals surface area contributed by atoms with Gasteiger partial charge in [0.05, 0.1) is 13.1 Å². The SMILES string of the molecule is CC(C)(C)[C@H](CN(CC(O)COc1ccc(CCCN2CCC(F)(F)CC2)cc1)C(=O)O)Oc1ccc(C(N)=O)cc1. The zero-order valence-corrected chi connectivity index (χ0v) is 24.6. The Kier molecular flexibility index (Phi) is 11.5. The lowest BCUT2D eigenvalue weighted by Gasteiger charge is -2.35. The number of nitrogens with two attached hydrogens (primary N) is 1. The molecule has 2 amide bonds. The van der Waals surface area contributed by atoms with Gasteiger partial charge in [-0.2, -0.15) is 0 Å². The lowest BCUT2D eigenvalue weighted by atomic mass is 9.88. The Bertz CT molecular complexity index is 1140. The molecule has 0 bridgehead atoms. The van der Waals surface area contributed by atoms with E-state index in [1.54, 1.807) is 36.4 Å². The molecule has 2 aromatic carbocycles. The highest BCUT2D eigenvalue weighted by Gasteiger charge is 2.34. The summed E-state index contributed by atoms with van der Waals surface area (Å²) in [4.78, 5) is 26.5. The minimum Gasteiger partial charge on any atom is -0.491 e. The first-order valence-electron chi connectivity index (χ1n) is 14.3. The molecule has 0 spiro atoms. The number of halogens is 2. The van der Waals surface area contributed by atoms with Crippen LogP contribution in [0.2, 0.25) is 0 Å². The zero-order chi connectivity index (χ0) is 30.9. The molecule has 0 radical (unpaired) electrons. The van der Waals surface area contributed by atoms with Crippen LogP contribution in [0, 0.1) is 5.41 Å². The number of carboxylic acid groups (broad SMARTS) is 1. The van der Waals surface area contributed by atoms with E-state index in [9.17, 15) is 28.6 Å². The lowest BCUT2D eigenvalue weighted by molar-refractivity contribution is -0.0551. The standard InChI is InChI=1S/C31H43F2N3O6/c1-30(2,3)27(42-26-12-8-23(9-13-26)28(34)38)20-36(29(39)40)19-24(37)21-41-25-10-6-22(7-11-25)5-4-16-35-17-14-31(32,33)15-18-35/h6-13,24,27,37H,4-5,14-21H2,1-3H3,(H2,34,38)(H,39,40)/t24?,27-/m0/s1. The predicted octanol–water partition coefficient (Wildman–Crippen LogP) is 4.66. The molecule has 1 aliphatic heterocycles. The van der Waals surface area contributed by atoms with Crippen molar-refractivity contribution in [1.82, 2.24) is 9.80 Å². The highest BCUT2D eigenvalue weighted by Crippen LogP contribution is 2.28. The van der Waals surface area contributed by atoms with Gasteiger partial charge in [0.25, 0.3) is 5.92 Å². The Balaban J connectivity index is 1.46. The van der Waals surface area contributed by atoms with Crippen LogP contribution in [0.1, 0.15) is 56.0 Å². The summed E-state index contributed by atoms with van der Waals surface area (Å²) in [5, 5.41) is 20.4. The van der Waals surface area contributed by atoms with Crippen molar-refractivity contribution in [2.45, 2.75) is 64.6 Å². The quantitative estimate of drug-likeness (QED) is 0.292. The number of alkyl halides is 2. The number of hydrogen-bond donors (Lipinski definition) is 3. The Morgan fingerprint density at radius 3 is 2.17 bits per heavy atom. The van der Waals surface area contributed by atoms with Crippen LogP contribution in [-0.2, 0) is 6.42 Å². The second-order valence-electron chi connectivity index (χ2n) is 12.0. The summed E-state index contributed by atoms with van der Waals surface area (Å²) in [7, 11) is 0. The molecule has 1 saturated heterocycles. The van der Waals surface area contributed by atoms with E-state index in [0.717, 1.165) is 29.8 Å². The van der Waals surface area contributed by atoms with Gasteiger partial charge in [-0.15, -0.1) is 0 Å². The summed E-state index contributed by atoms with van der Waals surface area (Å²) in [6.07, 6.45) is -1.29. The first-order valence-corrected chi connectivity index (χ1v) is 14.3. The number of ether oxygens (including phenoxy) is 2. The fraction of sp³-hybridized carbons (Fsp3) is 0.548. The monoisotopic (exact) mass is 591 g/mol. The summed E-state index contributed by atoms with van der Waals surface area (Å²) in [6, 6.07) is 13.7. The lowest BCUT2D eigenvalue weighted by Crippen LogP contribution is -2.48. The molecule has 1 fully saturated rings. The van der Waals surface area contributed by atoms with Gasteiger partial charge in [0.1, 0.15) is 30.3 Å². The molecule has 232 valence electrons. The molecule has 3 rings (SSSR count). The van der Waals surface area contributed by atoms with Gasteiger partial charge in [-0.25, -0.2) is 13.6 Å². The maximum absolute atomic E-state index is 13.3. The molecular formula is C31H43F2N3O6. The number of aliphatic hydroxyl groups excluding tert-OH is 1. The van der Waals surface area contributed by atoms with Crippen molar-refractivity contribution in [1.29, 1.82) is 0 Å². The molecule has 42 heavy (non-hydrogen) atoms. The third kappa shape index (κ3) is 10.8. The van der Waals surface area contributed by atoms with Gasteiger partial charge in [-0.05, 0) is 61.3 Å². The molecule has 1 heterocycles. The molecule has 9 nitrogen and oxygen atoms in total. The Labute approximate surface area is 246 Å². The highest BCUT2D eigenvalue weighted by molar-refractivity contribution is 5.92. The summed E-state index contributed by atoms with van der Waals surface area (Å²) < 4.78 is 38.4. The van der Waals surface area contributed by atoms with Gasteiger partial charge >= 0.3 is 6.09 Å². The van der Waals surface area contributed by atoms with Crippen molar-refractivity contribution in [3.63, 3.8) is 0 Å². The second-order valence-corrected chi connectivity index (χ2v) is 12.0. The van der Waals surface area contributed by atoms with Crippen molar-refractivity contribution in [3.05, 3.63) is 59.7 Å². The van der Waals surface area contributed by atoms with E-state index in [4.69, 9.17) is 15.2 Å². The van der Waals surface area contributed by atoms with Gasteiger partial charge in [-0.3, -0.25) is 4.79 Å². The largest absolute Gasteiger partial charge is 0.491 e. The van der Waals surface area contributed by atoms with Crippen molar-refractivity contribution in [3.8, 4) is 11.5 Å². The number of nitrogens with zero attached hydrogens (tertiary/aromatic N) is 2. The second kappa shape index (κ2) is 14.6. The fourth-order valence-electron chi connectivity index (χ4n) is 4.64. The Morgan fingerprint density at radius 1 is 1.02 bits per heavy atom. The van der Waals surface area contributed by atoms with Crippen LogP contribution in [0.15, 0.2) is 48.5 Å². The van der Waals surface area contributed by atoms with Crippen LogP contribution >= 0.6 is 0 Å². The van der Waals surface area contributed by atoms with Crippen molar-refractivity contribution >= 4 is 12.0 Å². The summed E-state index contributed by atoms with van der Waals surface area (Å²) in [6.45, 7) is 7.14. The van der Waals surface area contributed by atoms with Crippen molar-refractivity contribution in [2.24, 2.45) is 11.1 Å². The van der Waals surface area contributed by atoms with Gasteiger partial charge in [0, 0.05) is 36.9 Å². The molecule has 0 aromatic heterocycles. The first kappa shape index (κ1) is 33.1. The average Bonchev–Trinajstić information content (AvgIpc) is 2.92. The van der Waals surface area contributed by atoms with E-state index in [-0.39, 0.29) is 32.5 Å². The smallest absolute Gasteiger partial charge is 0.407 e. The van der Waals surface area contributed by atoms with E-state index >= 15 is 0 Å². The molecule has 2 atom stereocenters. The number of likely N-dealkylation sites (tertiary alicyclic amines) is 1. The maximum Gasteiger partial charge on any atom is 0.407 e. The number of primary amides is 1. The topological polar surface area (TPSA) is 126 Å². The Morgan fingerprint density at radius 2 is 1.62 bits per heavy atom. The molecule has 0 saturated carbocycles. The molecule has 2 aromatic rings. The molecule has 11 heteroatoms. The van der Waals surface area contributed by atoms with E-state index in [1.807, 2.05) is 32.9 Å². The van der Waals surface area contributed by atoms with E-state index in [2.05, 4.69) is 4.90 Å². The van der Waals surface area contributed by atoms with E-state index < -0.39 is 35.5 Å². The molecule has 1 aliphatic rings. The summed E-state index contributed by atoms with van der Waals surface area (Å²) >= 11 is 0. The number of benzene rings is 2. The fourth-order valence-corrected chi connectivity index (χ4v) is 4.64. The number of aliphatic hydroxyl groups is 1. The van der Waals surface area contributed by atoms with Gasteiger partial charge < -0.3 is 35.2 Å². The maximum atomic E-state index is 13.3. The van der Waals surface area contributed by atoms with Crippen LogP contribution in [0.4, 0.5) is 13.6 Å². The number of hydrogen-bond acceptors (Lipinski definition) is 6. The molecule has 0 aliphatic carbocycles. The van der Waals surface area contributed by atoms with Crippen molar-refractivity contribution in [2.75, 3.05) is 39.3 Å². The minimum absolute atomic E-state index is 0.00200. The summed E-state index contributed by atoms with van der Waals surface area (Å²) in [5.74, 6) is -2.07. The van der Waals surface area contributed by atoms with Crippen LogP contribution in [0.5, 0.6) is 11.5 Å². The minimum atomic E-state index is -2.53. The number of carbonyl (C=O) groups excluding carboxylic acids is 1. The third-order valence-electron chi connectivity index (χ3n) is 7.36. The van der Waals surface area contributed by atoms with Gasteiger partial charge in [0.15, 0.2) is 0 Å². The van der Waals surface area contributed by atoms with E-state index in [0.29, 0.717) is 30.2 Å². The van der Waals surface area contributed by atoms with Crippen LogP contribution in [-0.4, -0.2) is 89.5 Å². The van der Waals surface area contributed by atoms with Crippen LogP contribution in [0.3, 0.4) is 0 Å². The number of amides is 2. The van der Waals surface area contributed by atoms with Crippen molar-refractivity contribution < 1.29 is 38.1 Å². The normalized spacial score (nSPS) is 16.8. The van der Waals surface area contributed by atoms with Gasteiger partial charge in [-0.1, -0.05) is 32.9 Å². The molecular weight excluding hydrogens is 548 g/mol. The molecule has 4 N–H and O–H groups in total.